The Morgan fingerprint density at radius 2 is 1.81 bits per heavy atom. The van der Waals surface area contributed by atoms with Crippen LogP contribution in [0.3, 0.4) is 0 Å². The minimum absolute atomic E-state index is 0.225. The van der Waals surface area contributed by atoms with Crippen molar-refractivity contribution in [2.75, 3.05) is 0 Å². The first kappa shape index (κ1) is 20.2. The van der Waals surface area contributed by atoms with Crippen LogP contribution in [0.15, 0.2) is 22.7 Å². The van der Waals surface area contributed by atoms with Gasteiger partial charge in [-0.2, -0.15) is 0 Å². The number of rotatable bonds is 3. The molecule has 2 nitrogen and oxygen atoms in total. The number of ether oxygens (including phenoxy) is 1. The highest BCUT2D eigenvalue weighted by Crippen LogP contribution is 2.19. The fraction of sp³-hybridized carbons (Fsp3) is 0.611. The van der Waals surface area contributed by atoms with Crippen LogP contribution >= 0.6 is 15.9 Å². The summed E-state index contributed by atoms with van der Waals surface area (Å²) in [6.45, 7) is 13.7. The summed E-state index contributed by atoms with van der Waals surface area (Å²) in [5.41, 5.74) is 2.65. The number of hydrogen-bond acceptors (Lipinski definition) is 2. The molecule has 1 aromatic carbocycles. The highest BCUT2D eigenvalue weighted by molar-refractivity contribution is 9.10. The molecule has 0 aliphatic heterocycles. The third-order valence-corrected chi connectivity index (χ3v) is 3.12. The van der Waals surface area contributed by atoms with Gasteiger partial charge in [-0.3, -0.25) is 4.79 Å². The van der Waals surface area contributed by atoms with Crippen molar-refractivity contribution in [1.82, 2.24) is 0 Å². The van der Waals surface area contributed by atoms with Gasteiger partial charge in [-0.15, -0.1) is 0 Å². The molecule has 0 fully saturated rings. The maximum atomic E-state index is 10.2. The maximum Gasteiger partial charge on any atom is 0.303 e. The van der Waals surface area contributed by atoms with E-state index in [4.69, 9.17) is 4.74 Å². The first-order chi connectivity index (χ1) is 9.55. The van der Waals surface area contributed by atoms with E-state index in [0.717, 1.165) is 12.3 Å². The van der Waals surface area contributed by atoms with Crippen LogP contribution in [0.5, 0.6) is 0 Å². The Hall–Kier alpha value is -0.830. The summed E-state index contributed by atoms with van der Waals surface area (Å²) in [4.78, 5) is 10.2. The first-order valence-electron chi connectivity index (χ1n) is 7.52. The van der Waals surface area contributed by atoms with Gasteiger partial charge in [-0.05, 0) is 62.8 Å². The Balaban J connectivity index is 0.000000433. The lowest BCUT2D eigenvalue weighted by molar-refractivity contribution is -0.151. The molecule has 0 heterocycles. The van der Waals surface area contributed by atoms with Crippen LogP contribution in [0.25, 0.3) is 0 Å². The molecule has 0 amide bonds. The van der Waals surface area contributed by atoms with E-state index < -0.39 is 0 Å². The predicted molar refractivity (Wildman–Crippen MR) is 93.6 cm³/mol. The van der Waals surface area contributed by atoms with E-state index in [0.29, 0.717) is 0 Å². The molecular weight excluding hydrogens is 328 g/mol. The van der Waals surface area contributed by atoms with E-state index in [1.807, 2.05) is 20.8 Å². The van der Waals surface area contributed by atoms with Gasteiger partial charge in [-0.25, -0.2) is 0 Å². The smallest absolute Gasteiger partial charge is 0.303 e. The average Bonchev–Trinajstić information content (AvgIpc) is 2.28. The molecule has 21 heavy (non-hydrogen) atoms. The second-order valence-corrected chi connectivity index (χ2v) is 7.49. The molecule has 120 valence electrons. The highest BCUT2D eigenvalue weighted by atomic mass is 79.9. The molecule has 0 atom stereocenters. The van der Waals surface area contributed by atoms with Crippen LogP contribution in [0.1, 0.15) is 59.6 Å². The normalized spacial score (nSPS) is 10.9. The SMILES string of the molecule is CC(=O)OC(C)(C)C.CCc1cc(Br)ccc1CC(C)C. The van der Waals surface area contributed by atoms with Crippen molar-refractivity contribution >= 4 is 21.9 Å². The molecule has 0 spiro atoms. The number of aryl methyl sites for hydroxylation is 1. The quantitative estimate of drug-likeness (QED) is 0.662. The summed E-state index contributed by atoms with van der Waals surface area (Å²) in [6.07, 6.45) is 2.32. The fourth-order valence-corrected chi connectivity index (χ4v) is 2.40. The standard InChI is InChI=1S/C12H17Br.C6H12O2/c1-4-10-8-12(13)6-5-11(10)7-9(2)3;1-5(7)8-6(2,3)4/h5-6,8-9H,4,7H2,1-3H3;1-4H3. The minimum atomic E-state index is -0.328. The van der Waals surface area contributed by atoms with Gasteiger partial charge in [-0.1, -0.05) is 42.8 Å². The predicted octanol–water partition coefficient (Wildman–Crippen LogP) is 5.56. The lowest BCUT2D eigenvalue weighted by Crippen LogP contribution is -2.21. The van der Waals surface area contributed by atoms with Crippen molar-refractivity contribution in [2.45, 2.75) is 66.9 Å². The molecule has 0 aliphatic rings. The van der Waals surface area contributed by atoms with Gasteiger partial charge in [0.25, 0.3) is 0 Å². The minimum Gasteiger partial charge on any atom is -0.460 e. The van der Waals surface area contributed by atoms with E-state index in [9.17, 15) is 4.79 Å². The number of carbonyl (C=O) groups excluding carboxylic acids is 1. The first-order valence-corrected chi connectivity index (χ1v) is 8.31. The summed E-state index contributed by atoms with van der Waals surface area (Å²) in [6, 6.07) is 6.61. The molecule has 3 heteroatoms. The van der Waals surface area contributed by atoms with Gasteiger partial charge < -0.3 is 4.74 Å². The van der Waals surface area contributed by atoms with Gasteiger partial charge in [0.15, 0.2) is 0 Å². The summed E-state index contributed by atoms with van der Waals surface area (Å²) in [5, 5.41) is 0. The van der Waals surface area contributed by atoms with Crippen LogP contribution in [-0.4, -0.2) is 11.6 Å². The Kier molecular flexibility index (Phi) is 8.88. The van der Waals surface area contributed by atoms with E-state index >= 15 is 0 Å². The molecule has 1 aromatic rings. The summed E-state index contributed by atoms with van der Waals surface area (Å²) >= 11 is 3.50. The molecule has 0 saturated carbocycles. The van der Waals surface area contributed by atoms with Gasteiger partial charge in [0.05, 0.1) is 0 Å². The molecule has 1 rings (SSSR count). The summed E-state index contributed by atoms with van der Waals surface area (Å²) in [7, 11) is 0. The van der Waals surface area contributed by atoms with Crippen LogP contribution in [0, 0.1) is 5.92 Å². The zero-order valence-electron chi connectivity index (χ0n) is 14.4. The van der Waals surface area contributed by atoms with E-state index in [1.54, 1.807) is 0 Å². The third-order valence-electron chi connectivity index (χ3n) is 2.63. The number of benzene rings is 1. The van der Waals surface area contributed by atoms with Crippen molar-refractivity contribution in [3.05, 3.63) is 33.8 Å². The maximum absolute atomic E-state index is 10.2. The second-order valence-electron chi connectivity index (χ2n) is 6.57. The summed E-state index contributed by atoms with van der Waals surface area (Å²) in [5.74, 6) is 0.518. The fourth-order valence-electron chi connectivity index (χ4n) is 1.99. The third kappa shape index (κ3) is 10.5. The van der Waals surface area contributed by atoms with Crippen LogP contribution < -0.4 is 0 Å². The summed E-state index contributed by atoms with van der Waals surface area (Å²) < 4.78 is 5.99. The molecular formula is C18H29BrO2. The zero-order chi connectivity index (χ0) is 16.6. The number of esters is 1. The Bertz CT molecular complexity index is 445. The largest absolute Gasteiger partial charge is 0.460 e. The van der Waals surface area contributed by atoms with Gasteiger partial charge in [0, 0.05) is 11.4 Å². The van der Waals surface area contributed by atoms with Crippen molar-refractivity contribution in [1.29, 1.82) is 0 Å². The Labute approximate surface area is 138 Å². The lowest BCUT2D eigenvalue weighted by Gasteiger charge is -2.17. The molecule has 0 unspecified atom stereocenters. The monoisotopic (exact) mass is 356 g/mol. The molecule has 0 aromatic heterocycles. The van der Waals surface area contributed by atoms with E-state index in [-0.39, 0.29) is 11.6 Å². The Morgan fingerprint density at radius 3 is 2.14 bits per heavy atom. The highest BCUT2D eigenvalue weighted by Gasteiger charge is 2.11. The molecule has 0 bridgehead atoms. The number of carbonyl (C=O) groups is 1. The number of hydrogen-bond donors (Lipinski definition) is 0. The van der Waals surface area contributed by atoms with Gasteiger partial charge >= 0.3 is 5.97 Å². The lowest BCUT2D eigenvalue weighted by atomic mass is 9.97. The average molecular weight is 357 g/mol. The van der Waals surface area contributed by atoms with Crippen LogP contribution in [0.2, 0.25) is 0 Å². The molecule has 0 N–H and O–H groups in total. The van der Waals surface area contributed by atoms with E-state index in [1.165, 1.54) is 28.9 Å². The second kappa shape index (κ2) is 9.24. The van der Waals surface area contributed by atoms with Crippen LogP contribution in [0.4, 0.5) is 0 Å². The van der Waals surface area contributed by atoms with Crippen molar-refractivity contribution in [3.8, 4) is 0 Å². The topological polar surface area (TPSA) is 26.3 Å². The van der Waals surface area contributed by atoms with Gasteiger partial charge in [0.1, 0.15) is 5.60 Å². The molecule has 0 saturated heterocycles. The van der Waals surface area contributed by atoms with Crippen molar-refractivity contribution in [2.24, 2.45) is 5.92 Å². The Morgan fingerprint density at radius 1 is 1.24 bits per heavy atom. The van der Waals surface area contributed by atoms with Crippen molar-refractivity contribution in [3.63, 3.8) is 0 Å². The number of halogens is 1. The van der Waals surface area contributed by atoms with Gasteiger partial charge in [0.2, 0.25) is 0 Å². The van der Waals surface area contributed by atoms with Crippen LogP contribution in [-0.2, 0) is 22.4 Å². The zero-order valence-corrected chi connectivity index (χ0v) is 16.0. The van der Waals surface area contributed by atoms with Crippen molar-refractivity contribution < 1.29 is 9.53 Å². The molecule has 0 radical (unpaired) electrons. The van der Waals surface area contributed by atoms with E-state index in [2.05, 4.69) is 54.9 Å². The molecule has 0 aliphatic carbocycles.